The summed E-state index contributed by atoms with van der Waals surface area (Å²) in [5, 5.41) is 13.7. The van der Waals surface area contributed by atoms with Gasteiger partial charge in [0.1, 0.15) is 30.6 Å². The molecule has 0 bridgehead atoms. The Balaban J connectivity index is 0.847. The lowest BCUT2D eigenvalue weighted by molar-refractivity contribution is -0.136. The highest BCUT2D eigenvalue weighted by atomic mass is 79.9. The average Bonchev–Trinajstić information content (AvgIpc) is 3.84. The molecule has 1 atom stereocenters. The van der Waals surface area contributed by atoms with E-state index in [1.807, 2.05) is 37.6 Å². The Hall–Kier alpha value is -6.17. The number of aromatic nitrogens is 4. The monoisotopic (exact) mass is 981 g/mol. The van der Waals surface area contributed by atoms with Crippen molar-refractivity contribution < 1.29 is 32.9 Å². The number of rotatable bonds is 12. The number of carbonyl (C=O) groups is 4. The summed E-state index contributed by atoms with van der Waals surface area (Å²) in [6.07, 6.45) is 7.64. The number of piperidine rings is 2. The maximum atomic E-state index is 14.2. The van der Waals surface area contributed by atoms with Crippen LogP contribution in [0.15, 0.2) is 71.6 Å². The zero-order valence-electron chi connectivity index (χ0n) is 37.0. The summed E-state index contributed by atoms with van der Waals surface area (Å²) in [6, 6.07) is 12.5. The van der Waals surface area contributed by atoms with Crippen LogP contribution >= 0.6 is 23.1 Å². The molecule has 0 aliphatic carbocycles. The van der Waals surface area contributed by atoms with Crippen LogP contribution < -0.4 is 35.8 Å². The van der Waals surface area contributed by atoms with E-state index in [0.29, 0.717) is 44.2 Å². The minimum Gasteiger partial charge on any atom is -0.494 e. The summed E-state index contributed by atoms with van der Waals surface area (Å²) < 4.78 is 35.5. The number of nitrogens with one attached hydrogen (secondary N) is 3. The van der Waals surface area contributed by atoms with Crippen molar-refractivity contribution >= 4 is 86.5 Å². The molecule has 4 aliphatic heterocycles. The predicted molar refractivity (Wildman–Crippen MR) is 254 cm³/mol. The second-order valence-electron chi connectivity index (χ2n) is 17.5. The van der Waals surface area contributed by atoms with Crippen molar-refractivity contribution in [2.24, 2.45) is 13.0 Å². The summed E-state index contributed by atoms with van der Waals surface area (Å²) in [6.45, 7) is 9.12. The first-order chi connectivity index (χ1) is 31.6. The van der Waals surface area contributed by atoms with Crippen LogP contribution in [0.3, 0.4) is 0 Å². The maximum absolute atomic E-state index is 14.2. The summed E-state index contributed by atoms with van der Waals surface area (Å²) >= 11 is 3.52. The Kier molecular flexibility index (Phi) is 12.4. The van der Waals surface area contributed by atoms with Crippen molar-refractivity contribution in [2.45, 2.75) is 31.7 Å². The summed E-state index contributed by atoms with van der Waals surface area (Å²) in [7, 11) is 0.678. The Morgan fingerprint density at radius 1 is 0.864 bits per heavy atom. The molecule has 0 saturated carbocycles. The lowest BCUT2D eigenvalue weighted by Crippen LogP contribution is -2.54. The number of benzene rings is 3. The molecule has 344 valence electrons. The van der Waals surface area contributed by atoms with E-state index in [0.717, 1.165) is 86.1 Å². The van der Waals surface area contributed by atoms with Crippen LogP contribution in [0.5, 0.6) is 5.75 Å². The number of amides is 4. The Bertz CT molecular complexity index is 2800. The Morgan fingerprint density at radius 3 is 2.32 bits per heavy atom. The van der Waals surface area contributed by atoms with Gasteiger partial charge in [-0.3, -0.25) is 39.0 Å². The highest BCUT2D eigenvalue weighted by molar-refractivity contribution is 9.10. The summed E-state index contributed by atoms with van der Waals surface area (Å²) in [5.74, 6) is -0.711. The Labute approximate surface area is 389 Å². The predicted octanol–water partition coefficient (Wildman–Crippen LogP) is 5.96. The largest absolute Gasteiger partial charge is 0.494 e. The molecule has 5 aromatic rings. The number of methoxy groups -OCH3 is 1. The molecule has 6 heterocycles. The number of carbonyl (C=O) groups excluding carboxylic acids is 4. The molecule has 17 nitrogen and oxygen atoms in total. The highest BCUT2D eigenvalue weighted by Crippen LogP contribution is 2.43. The molecule has 3 aromatic carbocycles. The molecule has 0 radical (unpaired) electrons. The van der Waals surface area contributed by atoms with Crippen LogP contribution in [0, 0.1) is 11.7 Å². The van der Waals surface area contributed by atoms with Crippen LogP contribution in [0.1, 0.15) is 46.4 Å². The molecule has 20 heteroatoms. The second kappa shape index (κ2) is 18.2. The van der Waals surface area contributed by atoms with Gasteiger partial charge in [0.05, 0.1) is 40.3 Å². The first kappa shape index (κ1) is 45.0. The van der Waals surface area contributed by atoms with Gasteiger partial charge in [-0.05, 0) is 96.9 Å². The van der Waals surface area contributed by atoms with Gasteiger partial charge in [-0.25, -0.2) is 9.37 Å². The van der Waals surface area contributed by atoms with Crippen LogP contribution in [-0.2, 0) is 21.2 Å². The first-order valence-electron chi connectivity index (χ1n) is 21.8. The fourth-order valence-electron chi connectivity index (χ4n) is 9.27. The molecular formula is C46H50BrFN11O6P. The fraction of sp³-hybridized carbons (Fsp3) is 0.370. The average molecular weight is 983 g/mol. The van der Waals surface area contributed by atoms with Crippen molar-refractivity contribution in [1.82, 2.24) is 34.9 Å². The molecule has 3 saturated heterocycles. The van der Waals surface area contributed by atoms with Crippen molar-refractivity contribution in [3.8, 4) is 16.9 Å². The number of aryl methyl sites for hydroxylation is 1. The van der Waals surface area contributed by atoms with Crippen molar-refractivity contribution in [1.29, 1.82) is 0 Å². The number of hydrogen-bond acceptors (Lipinski definition) is 14. The highest BCUT2D eigenvalue weighted by Gasteiger charge is 2.45. The van der Waals surface area contributed by atoms with E-state index in [1.165, 1.54) is 12.1 Å². The standard InChI is InChI=1S/C46H50BrFN11O6P/c1-55-26-28(23-50-55)32-21-36(52-46-49-24-34(47)42(54-46)51-35-8-5-29(48)19-40(35)66(3,4)64)39(65-2)22-38(32)58-13-11-27(12-14-58)25-56-15-17-57(18-16-56)30-6-7-31-33(20-30)45(63)59(44(31)62)37-9-10-41(60)53-43(37)61/h5-8,19-24,26-27,37H,9-18,25H2,1-4H3,(H,53,60,61)(H2,49,51,52,54)/t37-/m0/s1. The Morgan fingerprint density at radius 2 is 1.62 bits per heavy atom. The first-order valence-corrected chi connectivity index (χ1v) is 25.2. The molecule has 4 amide bonds. The van der Waals surface area contributed by atoms with E-state index in [2.05, 4.69) is 56.7 Å². The normalized spacial score (nSPS) is 18.5. The molecular weight excluding hydrogens is 932 g/mol. The summed E-state index contributed by atoms with van der Waals surface area (Å²) in [5.41, 5.74) is 5.50. The van der Waals surface area contributed by atoms with Gasteiger partial charge in [-0.1, -0.05) is 0 Å². The lowest BCUT2D eigenvalue weighted by Gasteiger charge is -2.40. The lowest BCUT2D eigenvalue weighted by atomic mass is 9.94. The molecule has 3 fully saturated rings. The molecule has 3 N–H and O–H groups in total. The number of piperazine rings is 1. The molecule has 2 aromatic heterocycles. The summed E-state index contributed by atoms with van der Waals surface area (Å²) in [4.78, 5) is 68.2. The fourth-order valence-corrected chi connectivity index (χ4v) is 10.7. The molecule has 9 rings (SSSR count). The van der Waals surface area contributed by atoms with E-state index in [4.69, 9.17) is 9.72 Å². The van der Waals surface area contributed by atoms with E-state index in [1.54, 1.807) is 49.5 Å². The maximum Gasteiger partial charge on any atom is 0.262 e. The molecule has 4 aliphatic rings. The number of anilines is 6. The van der Waals surface area contributed by atoms with E-state index < -0.39 is 42.6 Å². The van der Waals surface area contributed by atoms with Gasteiger partial charge >= 0.3 is 0 Å². The minimum absolute atomic E-state index is 0.0780. The number of hydrogen-bond donors (Lipinski definition) is 3. The van der Waals surface area contributed by atoms with Gasteiger partial charge in [0.15, 0.2) is 0 Å². The van der Waals surface area contributed by atoms with Gasteiger partial charge in [0.2, 0.25) is 17.8 Å². The quantitative estimate of drug-likeness (QED) is 0.0982. The zero-order chi connectivity index (χ0) is 46.4. The van der Waals surface area contributed by atoms with Crippen LogP contribution in [0.4, 0.5) is 38.9 Å². The zero-order valence-corrected chi connectivity index (χ0v) is 39.5. The van der Waals surface area contributed by atoms with E-state index in [-0.39, 0.29) is 24.4 Å². The van der Waals surface area contributed by atoms with Gasteiger partial charge in [-0.2, -0.15) is 10.1 Å². The number of imide groups is 2. The number of nitrogens with zero attached hydrogens (tertiary/aromatic N) is 8. The molecule has 0 spiro atoms. The van der Waals surface area contributed by atoms with Gasteiger partial charge in [0.25, 0.3) is 11.8 Å². The second-order valence-corrected chi connectivity index (χ2v) is 21.6. The van der Waals surface area contributed by atoms with Crippen molar-refractivity contribution in [2.75, 3.05) is 86.7 Å². The molecule has 66 heavy (non-hydrogen) atoms. The number of halogens is 2. The number of fused-ring (bicyclic) bond motifs is 1. The van der Waals surface area contributed by atoms with Crippen LogP contribution in [0.2, 0.25) is 0 Å². The van der Waals surface area contributed by atoms with Crippen molar-refractivity contribution in [3.63, 3.8) is 0 Å². The van der Waals surface area contributed by atoms with Crippen LogP contribution in [-0.4, -0.2) is 125 Å². The number of ether oxygens (including phenoxy) is 1. The third-order valence-electron chi connectivity index (χ3n) is 12.7. The van der Waals surface area contributed by atoms with E-state index >= 15 is 0 Å². The topological polar surface area (TPSA) is 187 Å². The molecule has 0 unspecified atom stereocenters. The van der Waals surface area contributed by atoms with Crippen molar-refractivity contribution in [3.05, 3.63) is 88.5 Å². The SMILES string of the molecule is COc1cc(N2CCC(CN3CCN(c4ccc5c(c4)C(=O)N([C@H]4CCC(=O)NC4=O)C5=O)CC3)CC2)c(-c2cnn(C)c2)cc1Nc1ncc(Br)c(Nc2ccc(F)cc2P(C)(C)=O)n1. The van der Waals surface area contributed by atoms with Gasteiger partial charge in [0, 0.05) is 106 Å². The third-order valence-corrected chi connectivity index (χ3v) is 14.9. The van der Waals surface area contributed by atoms with Gasteiger partial charge in [-0.15, -0.1) is 0 Å². The van der Waals surface area contributed by atoms with Gasteiger partial charge < -0.3 is 29.7 Å². The minimum atomic E-state index is -2.84. The third kappa shape index (κ3) is 9.16. The smallest absolute Gasteiger partial charge is 0.262 e. The van der Waals surface area contributed by atoms with Crippen LogP contribution in [0.25, 0.3) is 11.1 Å². The van der Waals surface area contributed by atoms with E-state index in [9.17, 15) is 28.1 Å².